The average molecular weight is 265 g/mol. The zero-order chi connectivity index (χ0) is 13.1. The van der Waals surface area contributed by atoms with Crippen molar-refractivity contribution in [3.63, 3.8) is 0 Å². The highest BCUT2D eigenvalue weighted by atomic mass is 32.1. The molecule has 4 nitrogen and oxygen atoms in total. The molecule has 0 saturated carbocycles. The van der Waals surface area contributed by atoms with Gasteiger partial charge in [0.2, 0.25) is 0 Å². The molecule has 2 aromatic rings. The predicted molar refractivity (Wildman–Crippen MR) is 70.0 cm³/mol. The first-order chi connectivity index (χ1) is 8.56. The van der Waals surface area contributed by atoms with Gasteiger partial charge in [-0.2, -0.15) is 0 Å². The zero-order valence-corrected chi connectivity index (χ0v) is 11.1. The van der Waals surface area contributed by atoms with Gasteiger partial charge in [-0.3, -0.25) is 0 Å². The minimum atomic E-state index is -0.882. The van der Waals surface area contributed by atoms with Crippen LogP contribution in [0.5, 0.6) is 0 Å². The molecule has 2 heterocycles. The Labute approximate surface area is 109 Å². The molecule has 0 aliphatic carbocycles. The molecule has 0 bridgehead atoms. The number of rotatable bonds is 5. The zero-order valence-electron chi connectivity index (χ0n) is 10.3. The van der Waals surface area contributed by atoms with Gasteiger partial charge in [0.15, 0.2) is 0 Å². The van der Waals surface area contributed by atoms with Crippen molar-refractivity contribution in [1.82, 2.24) is 5.32 Å². The normalized spacial score (nSPS) is 12.6. The average Bonchev–Trinajstić information content (AvgIpc) is 2.94. The van der Waals surface area contributed by atoms with E-state index in [-0.39, 0.29) is 6.04 Å². The summed E-state index contributed by atoms with van der Waals surface area (Å²) in [4.78, 5) is 11.8. The summed E-state index contributed by atoms with van der Waals surface area (Å²) in [5.74, 6) is 0.901. The second-order valence-electron chi connectivity index (χ2n) is 4.16. The quantitative estimate of drug-likeness (QED) is 0.871. The molecule has 0 amide bonds. The maximum Gasteiger partial charge on any atom is 0.336 e. The summed E-state index contributed by atoms with van der Waals surface area (Å²) in [6, 6.07) is 5.68. The van der Waals surface area contributed by atoms with Crippen molar-refractivity contribution in [2.75, 3.05) is 0 Å². The van der Waals surface area contributed by atoms with Gasteiger partial charge in [0.05, 0.1) is 11.6 Å². The Morgan fingerprint density at radius 2 is 2.33 bits per heavy atom. The van der Waals surface area contributed by atoms with E-state index in [1.807, 2.05) is 26.0 Å². The molecule has 5 heteroatoms. The van der Waals surface area contributed by atoms with Crippen molar-refractivity contribution < 1.29 is 14.3 Å². The number of carboxylic acids is 1. The van der Waals surface area contributed by atoms with Crippen LogP contribution in [-0.2, 0) is 6.54 Å². The van der Waals surface area contributed by atoms with Gasteiger partial charge in [0.25, 0.3) is 0 Å². The summed E-state index contributed by atoms with van der Waals surface area (Å²) in [5, 5.41) is 13.8. The van der Waals surface area contributed by atoms with Gasteiger partial charge in [-0.15, -0.1) is 11.3 Å². The number of carbonyl (C=O) groups is 1. The number of furan rings is 1. The lowest BCUT2D eigenvalue weighted by Crippen LogP contribution is -2.16. The van der Waals surface area contributed by atoms with Gasteiger partial charge in [-0.1, -0.05) is 0 Å². The van der Waals surface area contributed by atoms with Gasteiger partial charge in [-0.25, -0.2) is 4.79 Å². The van der Waals surface area contributed by atoms with Crippen LogP contribution in [0, 0.1) is 6.92 Å². The van der Waals surface area contributed by atoms with Crippen LogP contribution in [0.3, 0.4) is 0 Å². The van der Waals surface area contributed by atoms with Crippen molar-refractivity contribution in [1.29, 1.82) is 0 Å². The van der Waals surface area contributed by atoms with Gasteiger partial charge in [0, 0.05) is 16.8 Å². The molecule has 2 rings (SSSR count). The van der Waals surface area contributed by atoms with E-state index < -0.39 is 5.97 Å². The Balaban J connectivity index is 1.92. The van der Waals surface area contributed by atoms with Crippen LogP contribution in [0.2, 0.25) is 0 Å². The van der Waals surface area contributed by atoms with Crippen molar-refractivity contribution in [3.05, 3.63) is 45.5 Å². The molecule has 2 aromatic heterocycles. The van der Waals surface area contributed by atoms with Crippen LogP contribution >= 0.6 is 11.3 Å². The SMILES string of the molecule is Cc1ccc(C(C)NCc2cc(C(=O)O)cs2)o1. The Bertz CT molecular complexity index is 544. The van der Waals surface area contributed by atoms with Crippen molar-refractivity contribution in [2.45, 2.75) is 26.4 Å². The molecular formula is C13H15NO3S. The van der Waals surface area contributed by atoms with E-state index in [2.05, 4.69) is 5.32 Å². The fourth-order valence-electron chi connectivity index (χ4n) is 1.63. The first-order valence-electron chi connectivity index (χ1n) is 5.66. The molecule has 18 heavy (non-hydrogen) atoms. The Morgan fingerprint density at radius 1 is 1.56 bits per heavy atom. The number of hydrogen-bond donors (Lipinski definition) is 2. The molecule has 1 atom stereocenters. The molecule has 0 aliphatic rings. The number of hydrogen-bond acceptors (Lipinski definition) is 4. The summed E-state index contributed by atoms with van der Waals surface area (Å²) in [6.45, 7) is 4.57. The van der Waals surface area contributed by atoms with E-state index in [0.717, 1.165) is 16.4 Å². The molecule has 0 saturated heterocycles. The monoisotopic (exact) mass is 265 g/mol. The number of aromatic carboxylic acids is 1. The van der Waals surface area contributed by atoms with Crippen molar-refractivity contribution >= 4 is 17.3 Å². The maximum atomic E-state index is 10.7. The van der Waals surface area contributed by atoms with Crippen LogP contribution in [0.25, 0.3) is 0 Å². The first-order valence-corrected chi connectivity index (χ1v) is 6.54. The smallest absolute Gasteiger partial charge is 0.336 e. The minimum absolute atomic E-state index is 0.106. The third-order valence-electron chi connectivity index (χ3n) is 2.67. The minimum Gasteiger partial charge on any atom is -0.478 e. The summed E-state index contributed by atoms with van der Waals surface area (Å²) < 4.78 is 5.52. The topological polar surface area (TPSA) is 62.5 Å². The summed E-state index contributed by atoms with van der Waals surface area (Å²) in [7, 11) is 0. The Kier molecular flexibility index (Phi) is 3.84. The summed E-state index contributed by atoms with van der Waals surface area (Å²) in [5.41, 5.74) is 0.346. The molecule has 0 aliphatic heterocycles. The lowest BCUT2D eigenvalue weighted by atomic mass is 10.2. The molecule has 96 valence electrons. The number of carboxylic acid groups (broad SMARTS) is 1. The second kappa shape index (κ2) is 5.37. The van der Waals surface area contributed by atoms with E-state index in [1.54, 1.807) is 11.4 Å². The highest BCUT2D eigenvalue weighted by molar-refractivity contribution is 7.10. The molecule has 2 N–H and O–H groups in total. The molecule has 0 fully saturated rings. The fourth-order valence-corrected chi connectivity index (χ4v) is 2.43. The molecular weight excluding hydrogens is 250 g/mol. The fraction of sp³-hybridized carbons (Fsp3) is 0.308. The van der Waals surface area contributed by atoms with Crippen molar-refractivity contribution in [2.24, 2.45) is 0 Å². The first kappa shape index (κ1) is 12.9. The second-order valence-corrected chi connectivity index (χ2v) is 5.15. The number of thiophene rings is 1. The molecule has 0 spiro atoms. The lowest BCUT2D eigenvalue weighted by Gasteiger charge is -2.09. The van der Waals surface area contributed by atoms with Crippen LogP contribution < -0.4 is 5.32 Å². The van der Waals surface area contributed by atoms with E-state index in [4.69, 9.17) is 9.52 Å². The standard InChI is InChI=1S/C13H15NO3S/c1-8-3-4-12(17-8)9(2)14-6-11-5-10(7-18-11)13(15)16/h3-5,7,9,14H,6H2,1-2H3,(H,15,16). The Hall–Kier alpha value is -1.59. The van der Waals surface area contributed by atoms with Gasteiger partial charge in [0.1, 0.15) is 11.5 Å². The molecule has 1 unspecified atom stereocenters. The number of aryl methyl sites for hydroxylation is 1. The largest absolute Gasteiger partial charge is 0.478 e. The van der Waals surface area contributed by atoms with Crippen molar-refractivity contribution in [3.8, 4) is 0 Å². The number of nitrogens with one attached hydrogen (secondary N) is 1. The van der Waals surface area contributed by atoms with E-state index in [0.29, 0.717) is 12.1 Å². The third-order valence-corrected chi connectivity index (χ3v) is 3.61. The van der Waals surface area contributed by atoms with Gasteiger partial charge in [-0.05, 0) is 32.0 Å². The van der Waals surface area contributed by atoms with E-state index >= 15 is 0 Å². The predicted octanol–water partition coefficient (Wildman–Crippen LogP) is 3.20. The van der Waals surface area contributed by atoms with Crippen LogP contribution in [0.4, 0.5) is 0 Å². The molecule has 0 aromatic carbocycles. The highest BCUT2D eigenvalue weighted by Crippen LogP contribution is 2.18. The Morgan fingerprint density at radius 3 is 2.89 bits per heavy atom. The van der Waals surface area contributed by atoms with E-state index in [1.165, 1.54) is 11.3 Å². The lowest BCUT2D eigenvalue weighted by molar-refractivity contribution is 0.0697. The highest BCUT2D eigenvalue weighted by Gasteiger charge is 2.10. The summed E-state index contributed by atoms with van der Waals surface area (Å²) in [6.07, 6.45) is 0. The summed E-state index contributed by atoms with van der Waals surface area (Å²) >= 11 is 1.45. The molecule has 0 radical (unpaired) electrons. The third kappa shape index (κ3) is 3.00. The van der Waals surface area contributed by atoms with Gasteiger partial charge < -0.3 is 14.8 Å². The van der Waals surface area contributed by atoms with Gasteiger partial charge >= 0.3 is 5.97 Å². The van der Waals surface area contributed by atoms with Crippen LogP contribution in [0.15, 0.2) is 28.0 Å². The maximum absolute atomic E-state index is 10.7. The van der Waals surface area contributed by atoms with E-state index in [9.17, 15) is 4.79 Å². The van der Waals surface area contributed by atoms with Crippen LogP contribution in [-0.4, -0.2) is 11.1 Å². The van der Waals surface area contributed by atoms with Crippen LogP contribution in [0.1, 0.15) is 39.7 Å².